The molecule has 1 heterocycles. The summed E-state index contributed by atoms with van der Waals surface area (Å²) in [6, 6.07) is 8.09. The zero-order chi connectivity index (χ0) is 18.9. The van der Waals surface area contributed by atoms with Gasteiger partial charge in [0.1, 0.15) is 5.75 Å². The van der Waals surface area contributed by atoms with Crippen LogP contribution in [0.3, 0.4) is 0 Å². The number of halogens is 4. The van der Waals surface area contributed by atoms with E-state index in [1.807, 2.05) is 6.07 Å². The maximum atomic E-state index is 12.5. The minimum absolute atomic E-state index is 0. The molecule has 0 aliphatic carbocycles. The lowest BCUT2D eigenvalue weighted by molar-refractivity contribution is -0.0504. The number of rotatable bonds is 7. The van der Waals surface area contributed by atoms with Crippen molar-refractivity contribution in [1.82, 2.24) is 15.6 Å². The monoisotopic (exact) mass is 512 g/mol. The molecule has 6 nitrogen and oxygen atoms in total. The number of methoxy groups -OCH3 is 1. The Morgan fingerprint density at radius 1 is 1.22 bits per heavy atom. The van der Waals surface area contributed by atoms with E-state index >= 15 is 0 Å². The van der Waals surface area contributed by atoms with Crippen LogP contribution in [0.15, 0.2) is 41.5 Å². The first kappa shape index (κ1) is 23.2. The normalized spacial score (nSPS) is 11.0. The first-order valence-corrected chi connectivity index (χ1v) is 8.06. The van der Waals surface area contributed by atoms with Crippen LogP contribution in [0.4, 0.5) is 8.78 Å². The molecule has 148 valence electrons. The van der Waals surface area contributed by atoms with Crippen LogP contribution in [0.25, 0.3) is 0 Å². The first-order chi connectivity index (χ1) is 12.5. The molecule has 2 rings (SSSR count). The van der Waals surface area contributed by atoms with Gasteiger partial charge in [-0.05, 0) is 23.8 Å². The van der Waals surface area contributed by atoms with Gasteiger partial charge in [0.05, 0.1) is 7.11 Å². The highest BCUT2D eigenvalue weighted by Crippen LogP contribution is 2.24. The maximum absolute atomic E-state index is 12.5. The highest BCUT2D eigenvalue weighted by molar-refractivity contribution is 14.0. The number of hydrogen-bond donors (Lipinski definition) is 2. The number of guanidine groups is 1. The molecule has 2 N–H and O–H groups in total. The van der Waals surface area contributed by atoms with Crippen LogP contribution >= 0.6 is 35.6 Å². The topological polar surface area (TPSA) is 67.8 Å². The molecule has 10 heteroatoms. The van der Waals surface area contributed by atoms with E-state index in [0.29, 0.717) is 29.0 Å². The van der Waals surface area contributed by atoms with Gasteiger partial charge in [-0.3, -0.25) is 4.99 Å². The first-order valence-electron chi connectivity index (χ1n) is 7.68. The minimum atomic E-state index is -2.91. The summed E-state index contributed by atoms with van der Waals surface area (Å²) in [6.07, 6.45) is 1.69. The quantitative estimate of drug-likeness (QED) is 0.335. The average molecular weight is 513 g/mol. The largest absolute Gasteiger partial charge is 0.481 e. The number of aromatic nitrogens is 1. The van der Waals surface area contributed by atoms with Gasteiger partial charge in [-0.1, -0.05) is 17.7 Å². The van der Waals surface area contributed by atoms with E-state index in [2.05, 4.69) is 25.3 Å². The number of pyridine rings is 1. The predicted octanol–water partition coefficient (Wildman–Crippen LogP) is 3.83. The van der Waals surface area contributed by atoms with Crippen molar-refractivity contribution in [1.29, 1.82) is 0 Å². The standard InChI is InChI=1S/C17H19ClF2N4O2.HI/c1-21-17(23-9-11-3-6-15(25-2)22-8-11)24-10-12-7-13(18)4-5-14(12)26-16(19)20;/h3-8,16H,9-10H2,1-2H3,(H2,21,23,24);1H. The molecule has 2 aromatic rings. The second kappa shape index (κ2) is 11.8. The molecule has 1 aromatic carbocycles. The average Bonchev–Trinajstić information content (AvgIpc) is 2.64. The molecule has 0 radical (unpaired) electrons. The van der Waals surface area contributed by atoms with Crippen molar-refractivity contribution < 1.29 is 18.3 Å². The van der Waals surface area contributed by atoms with Gasteiger partial charge in [0.15, 0.2) is 5.96 Å². The summed E-state index contributed by atoms with van der Waals surface area (Å²) >= 11 is 5.93. The Balaban J connectivity index is 0.00000364. The van der Waals surface area contributed by atoms with Crippen LogP contribution in [0.1, 0.15) is 11.1 Å². The lowest BCUT2D eigenvalue weighted by Gasteiger charge is -2.15. The molecule has 0 fully saturated rings. The number of aliphatic imine (C=N–C) groups is 1. The molecule has 0 bridgehead atoms. The smallest absolute Gasteiger partial charge is 0.387 e. The van der Waals surface area contributed by atoms with Gasteiger partial charge < -0.3 is 20.1 Å². The Bertz CT molecular complexity index is 748. The van der Waals surface area contributed by atoms with Crippen molar-refractivity contribution >= 4 is 41.5 Å². The Kier molecular flexibility index (Phi) is 10.1. The van der Waals surface area contributed by atoms with E-state index in [-0.39, 0.29) is 36.3 Å². The fourth-order valence-corrected chi connectivity index (χ4v) is 2.31. The fourth-order valence-electron chi connectivity index (χ4n) is 2.12. The molecule has 27 heavy (non-hydrogen) atoms. The zero-order valence-electron chi connectivity index (χ0n) is 14.7. The van der Waals surface area contributed by atoms with E-state index in [4.69, 9.17) is 16.3 Å². The van der Waals surface area contributed by atoms with E-state index in [1.54, 1.807) is 32.5 Å². The van der Waals surface area contributed by atoms with Gasteiger partial charge in [-0.25, -0.2) is 4.98 Å². The molecular formula is C17H20ClF2IN4O2. The summed E-state index contributed by atoms with van der Waals surface area (Å²) in [4.78, 5) is 8.21. The second-order valence-corrected chi connectivity index (χ2v) is 5.56. The van der Waals surface area contributed by atoms with E-state index < -0.39 is 6.61 Å². The number of benzene rings is 1. The summed E-state index contributed by atoms with van der Waals surface area (Å²) in [5.41, 5.74) is 1.42. The highest BCUT2D eigenvalue weighted by atomic mass is 127. The molecule has 0 saturated heterocycles. The van der Waals surface area contributed by atoms with E-state index in [9.17, 15) is 8.78 Å². The lowest BCUT2D eigenvalue weighted by atomic mass is 10.2. The van der Waals surface area contributed by atoms with Crippen LogP contribution in [0.5, 0.6) is 11.6 Å². The molecule has 0 unspecified atom stereocenters. The minimum Gasteiger partial charge on any atom is -0.481 e. The zero-order valence-corrected chi connectivity index (χ0v) is 17.8. The SMILES string of the molecule is CN=C(NCc1ccc(OC)nc1)NCc1cc(Cl)ccc1OC(F)F.I. The van der Waals surface area contributed by atoms with Crippen molar-refractivity contribution in [3.8, 4) is 11.6 Å². The third kappa shape index (κ3) is 7.71. The Morgan fingerprint density at radius 2 is 1.96 bits per heavy atom. The van der Waals surface area contributed by atoms with Crippen molar-refractivity contribution in [2.75, 3.05) is 14.2 Å². The van der Waals surface area contributed by atoms with Gasteiger partial charge in [-0.2, -0.15) is 8.78 Å². The van der Waals surface area contributed by atoms with Crippen LogP contribution < -0.4 is 20.1 Å². The van der Waals surface area contributed by atoms with Gasteiger partial charge in [-0.15, -0.1) is 24.0 Å². The van der Waals surface area contributed by atoms with Gasteiger partial charge in [0, 0.05) is 43.0 Å². The molecule has 0 amide bonds. The van der Waals surface area contributed by atoms with Crippen LogP contribution in [0.2, 0.25) is 5.02 Å². The Hall–Kier alpha value is -1.88. The highest BCUT2D eigenvalue weighted by Gasteiger charge is 2.11. The third-order valence-electron chi connectivity index (χ3n) is 3.38. The second-order valence-electron chi connectivity index (χ2n) is 5.12. The molecule has 0 saturated carbocycles. The van der Waals surface area contributed by atoms with Crippen LogP contribution in [-0.2, 0) is 13.1 Å². The number of ether oxygens (including phenoxy) is 2. The van der Waals surface area contributed by atoms with Gasteiger partial charge >= 0.3 is 6.61 Å². The van der Waals surface area contributed by atoms with Crippen molar-refractivity contribution in [2.24, 2.45) is 4.99 Å². The maximum Gasteiger partial charge on any atom is 0.387 e. The molecule has 0 atom stereocenters. The number of alkyl halides is 2. The Morgan fingerprint density at radius 3 is 2.56 bits per heavy atom. The van der Waals surface area contributed by atoms with Crippen molar-refractivity contribution in [3.63, 3.8) is 0 Å². The molecule has 0 aliphatic rings. The third-order valence-corrected chi connectivity index (χ3v) is 3.61. The summed E-state index contributed by atoms with van der Waals surface area (Å²) in [5.74, 6) is 1.08. The predicted molar refractivity (Wildman–Crippen MR) is 111 cm³/mol. The molecule has 0 aliphatic heterocycles. The van der Waals surface area contributed by atoms with Crippen molar-refractivity contribution in [3.05, 3.63) is 52.7 Å². The fraction of sp³-hybridized carbons (Fsp3) is 0.294. The van der Waals surface area contributed by atoms with Gasteiger partial charge in [0.25, 0.3) is 0 Å². The summed E-state index contributed by atoms with van der Waals surface area (Å²) in [5, 5.41) is 6.56. The number of nitrogens with zero attached hydrogens (tertiary/aromatic N) is 2. The summed E-state index contributed by atoms with van der Waals surface area (Å²) in [6.45, 7) is -2.22. The number of nitrogens with one attached hydrogen (secondary N) is 2. The van der Waals surface area contributed by atoms with Crippen molar-refractivity contribution in [2.45, 2.75) is 19.7 Å². The van der Waals surface area contributed by atoms with Crippen LogP contribution in [-0.4, -0.2) is 31.7 Å². The molecule has 0 spiro atoms. The van der Waals surface area contributed by atoms with Gasteiger partial charge in [0.2, 0.25) is 5.88 Å². The summed E-state index contributed by atoms with van der Waals surface area (Å²) < 4.78 is 34.5. The Labute approximate surface area is 178 Å². The lowest BCUT2D eigenvalue weighted by Crippen LogP contribution is -2.36. The molecule has 1 aromatic heterocycles. The number of hydrogen-bond acceptors (Lipinski definition) is 4. The molecular weight excluding hydrogens is 493 g/mol. The van der Waals surface area contributed by atoms with Crippen LogP contribution in [0, 0.1) is 0 Å². The van der Waals surface area contributed by atoms with E-state index in [0.717, 1.165) is 5.56 Å². The summed E-state index contributed by atoms with van der Waals surface area (Å²) in [7, 11) is 3.16. The van der Waals surface area contributed by atoms with E-state index in [1.165, 1.54) is 12.1 Å².